The number of benzene rings is 1. The number of nitrogens with zero attached hydrogens (tertiary/aromatic N) is 3. The molecule has 0 bridgehead atoms. The van der Waals surface area contributed by atoms with Crippen LogP contribution in [0.1, 0.15) is 5.01 Å². The second-order valence-electron chi connectivity index (χ2n) is 3.75. The van der Waals surface area contributed by atoms with Gasteiger partial charge in [0.1, 0.15) is 5.01 Å². The minimum atomic E-state index is 0.732. The van der Waals surface area contributed by atoms with Crippen molar-refractivity contribution < 1.29 is 0 Å². The van der Waals surface area contributed by atoms with E-state index >= 15 is 0 Å². The van der Waals surface area contributed by atoms with Crippen molar-refractivity contribution in [1.29, 1.82) is 0 Å². The van der Waals surface area contributed by atoms with Gasteiger partial charge in [-0.15, -0.1) is 11.3 Å². The van der Waals surface area contributed by atoms with Gasteiger partial charge in [0.25, 0.3) is 0 Å². The molecule has 90 valence electrons. The van der Waals surface area contributed by atoms with Gasteiger partial charge in [0, 0.05) is 24.0 Å². The van der Waals surface area contributed by atoms with E-state index in [1.165, 1.54) is 0 Å². The first-order valence-electron chi connectivity index (χ1n) is 5.65. The molecule has 3 aromatic rings. The Morgan fingerprint density at radius 2 is 2.11 bits per heavy atom. The fourth-order valence-electron chi connectivity index (χ4n) is 1.75. The van der Waals surface area contributed by atoms with Crippen molar-refractivity contribution in [3.05, 3.63) is 59.3 Å². The summed E-state index contributed by atoms with van der Waals surface area (Å²) in [5.74, 6) is 0. The summed E-state index contributed by atoms with van der Waals surface area (Å²) < 4.78 is 1.85. The van der Waals surface area contributed by atoms with E-state index in [0.29, 0.717) is 0 Å². The Bertz CT molecular complexity index is 602. The van der Waals surface area contributed by atoms with Gasteiger partial charge in [-0.3, -0.25) is 0 Å². The molecule has 0 radical (unpaired) electrons. The van der Waals surface area contributed by atoms with E-state index in [1.807, 2.05) is 52.8 Å². The lowest BCUT2D eigenvalue weighted by atomic mass is 10.2. The van der Waals surface area contributed by atoms with Gasteiger partial charge in [0.15, 0.2) is 0 Å². The third-order valence-corrected chi connectivity index (χ3v) is 3.35. The molecular weight excluding hydrogens is 244 g/mol. The SMILES string of the molecule is c1ccc(-n2cccn2)c(NCc2nccs2)c1. The fourth-order valence-corrected chi connectivity index (χ4v) is 2.30. The van der Waals surface area contributed by atoms with E-state index in [1.54, 1.807) is 17.5 Å². The standard InChI is InChI=1S/C13H12N4S/c1-2-5-12(17-8-3-6-16-17)11(4-1)15-10-13-14-7-9-18-13/h1-9,15H,10H2. The van der Waals surface area contributed by atoms with Crippen molar-refractivity contribution >= 4 is 17.0 Å². The van der Waals surface area contributed by atoms with Crippen LogP contribution in [0.5, 0.6) is 0 Å². The molecule has 0 atom stereocenters. The normalized spacial score (nSPS) is 10.4. The summed E-state index contributed by atoms with van der Waals surface area (Å²) in [7, 11) is 0. The number of para-hydroxylation sites is 2. The highest BCUT2D eigenvalue weighted by Crippen LogP contribution is 2.20. The van der Waals surface area contributed by atoms with Crippen LogP contribution in [0.3, 0.4) is 0 Å². The van der Waals surface area contributed by atoms with Crippen LogP contribution in [0, 0.1) is 0 Å². The van der Waals surface area contributed by atoms with E-state index in [-0.39, 0.29) is 0 Å². The first-order chi connectivity index (χ1) is 8.93. The number of hydrogen-bond donors (Lipinski definition) is 1. The van der Waals surface area contributed by atoms with E-state index in [9.17, 15) is 0 Å². The van der Waals surface area contributed by atoms with Gasteiger partial charge < -0.3 is 5.32 Å². The lowest BCUT2D eigenvalue weighted by molar-refractivity contribution is 0.879. The first kappa shape index (κ1) is 11.0. The molecule has 0 amide bonds. The van der Waals surface area contributed by atoms with Crippen LogP contribution in [-0.2, 0) is 6.54 Å². The molecule has 2 heterocycles. The van der Waals surface area contributed by atoms with E-state index in [4.69, 9.17) is 0 Å². The van der Waals surface area contributed by atoms with Crippen LogP contribution in [0.4, 0.5) is 5.69 Å². The summed E-state index contributed by atoms with van der Waals surface area (Å²) >= 11 is 1.65. The molecule has 0 saturated heterocycles. The summed E-state index contributed by atoms with van der Waals surface area (Å²) in [6, 6.07) is 10.0. The highest BCUT2D eigenvalue weighted by molar-refractivity contribution is 7.09. The van der Waals surface area contributed by atoms with Crippen LogP contribution in [0.15, 0.2) is 54.3 Å². The molecule has 2 aromatic heterocycles. The van der Waals surface area contributed by atoms with Gasteiger partial charge in [-0.1, -0.05) is 12.1 Å². The molecule has 1 N–H and O–H groups in total. The second kappa shape index (κ2) is 5.01. The number of anilines is 1. The summed E-state index contributed by atoms with van der Waals surface area (Å²) in [5.41, 5.74) is 2.09. The fraction of sp³-hybridized carbons (Fsp3) is 0.0769. The quantitative estimate of drug-likeness (QED) is 0.780. The molecule has 0 aliphatic carbocycles. The Kier molecular flexibility index (Phi) is 3.06. The summed E-state index contributed by atoms with van der Waals surface area (Å²) in [4.78, 5) is 4.26. The highest BCUT2D eigenvalue weighted by Gasteiger charge is 2.04. The predicted molar refractivity (Wildman–Crippen MR) is 73.0 cm³/mol. The van der Waals surface area contributed by atoms with E-state index < -0.39 is 0 Å². The van der Waals surface area contributed by atoms with Gasteiger partial charge in [-0.05, 0) is 18.2 Å². The molecule has 0 saturated carbocycles. The van der Waals surface area contributed by atoms with Gasteiger partial charge in [0.2, 0.25) is 0 Å². The topological polar surface area (TPSA) is 42.7 Å². The predicted octanol–water partition coefficient (Wildman–Crippen LogP) is 2.94. The van der Waals surface area contributed by atoms with Gasteiger partial charge in [0.05, 0.1) is 17.9 Å². The van der Waals surface area contributed by atoms with E-state index in [0.717, 1.165) is 22.9 Å². The zero-order valence-corrected chi connectivity index (χ0v) is 10.5. The molecule has 0 spiro atoms. The number of aromatic nitrogens is 3. The Hall–Kier alpha value is -2.14. The minimum Gasteiger partial charge on any atom is -0.377 e. The monoisotopic (exact) mass is 256 g/mol. The van der Waals surface area contributed by atoms with Gasteiger partial charge in [-0.2, -0.15) is 5.10 Å². The molecule has 0 aliphatic rings. The highest BCUT2D eigenvalue weighted by atomic mass is 32.1. The number of rotatable bonds is 4. The Morgan fingerprint density at radius 3 is 2.89 bits per heavy atom. The second-order valence-corrected chi connectivity index (χ2v) is 4.73. The lowest BCUT2D eigenvalue weighted by Crippen LogP contribution is -2.04. The zero-order chi connectivity index (χ0) is 12.2. The molecule has 0 unspecified atom stereocenters. The third kappa shape index (κ3) is 2.26. The average molecular weight is 256 g/mol. The number of nitrogens with one attached hydrogen (secondary N) is 1. The molecule has 1 aromatic carbocycles. The maximum Gasteiger partial charge on any atom is 0.112 e. The van der Waals surface area contributed by atoms with Crippen LogP contribution in [0.25, 0.3) is 5.69 Å². The zero-order valence-electron chi connectivity index (χ0n) is 9.65. The van der Waals surface area contributed by atoms with Crippen LogP contribution < -0.4 is 5.32 Å². The molecular formula is C13H12N4S. The molecule has 4 nitrogen and oxygen atoms in total. The van der Waals surface area contributed by atoms with Crippen LogP contribution in [-0.4, -0.2) is 14.8 Å². The summed E-state index contributed by atoms with van der Waals surface area (Å²) in [5, 5.41) is 10.7. The van der Waals surface area contributed by atoms with Crippen molar-refractivity contribution in [3.8, 4) is 5.69 Å². The van der Waals surface area contributed by atoms with Crippen molar-refractivity contribution in [2.75, 3.05) is 5.32 Å². The number of hydrogen-bond acceptors (Lipinski definition) is 4. The lowest BCUT2D eigenvalue weighted by Gasteiger charge is -2.10. The van der Waals surface area contributed by atoms with Crippen LogP contribution in [0.2, 0.25) is 0 Å². The Balaban J connectivity index is 1.84. The van der Waals surface area contributed by atoms with Crippen molar-refractivity contribution in [3.63, 3.8) is 0 Å². The molecule has 0 fully saturated rings. The minimum absolute atomic E-state index is 0.732. The first-order valence-corrected chi connectivity index (χ1v) is 6.53. The third-order valence-electron chi connectivity index (χ3n) is 2.57. The van der Waals surface area contributed by atoms with Crippen LogP contribution >= 0.6 is 11.3 Å². The largest absolute Gasteiger partial charge is 0.377 e. The summed E-state index contributed by atoms with van der Waals surface area (Å²) in [6.07, 6.45) is 5.53. The van der Waals surface area contributed by atoms with Crippen molar-refractivity contribution in [2.24, 2.45) is 0 Å². The molecule has 5 heteroatoms. The van der Waals surface area contributed by atoms with E-state index in [2.05, 4.69) is 15.4 Å². The summed E-state index contributed by atoms with van der Waals surface area (Å²) in [6.45, 7) is 0.732. The van der Waals surface area contributed by atoms with Gasteiger partial charge in [-0.25, -0.2) is 9.67 Å². The Labute approximate surface area is 109 Å². The smallest absolute Gasteiger partial charge is 0.112 e. The molecule has 0 aliphatic heterocycles. The molecule has 3 rings (SSSR count). The maximum atomic E-state index is 4.26. The van der Waals surface area contributed by atoms with Crippen molar-refractivity contribution in [1.82, 2.24) is 14.8 Å². The maximum absolute atomic E-state index is 4.26. The van der Waals surface area contributed by atoms with Gasteiger partial charge >= 0.3 is 0 Å². The van der Waals surface area contributed by atoms with Crippen molar-refractivity contribution in [2.45, 2.75) is 6.54 Å². The Morgan fingerprint density at radius 1 is 1.17 bits per heavy atom. The number of thiazole rings is 1. The average Bonchev–Trinajstić information content (AvgIpc) is 3.10. The molecule has 18 heavy (non-hydrogen) atoms.